The molecule has 0 aliphatic heterocycles. The number of hydrogen-bond acceptors (Lipinski definition) is 3. The first kappa shape index (κ1) is 18.0. The van der Waals surface area contributed by atoms with E-state index in [0.29, 0.717) is 23.7 Å². The zero-order valence-corrected chi connectivity index (χ0v) is 14.8. The van der Waals surface area contributed by atoms with Crippen LogP contribution in [0, 0.1) is 6.92 Å². The molecule has 2 aromatic rings. The lowest BCUT2D eigenvalue weighted by Crippen LogP contribution is -2.25. The molecule has 0 aliphatic rings. The van der Waals surface area contributed by atoms with E-state index in [-0.39, 0.29) is 0 Å². The van der Waals surface area contributed by atoms with E-state index in [1.165, 1.54) is 0 Å². The lowest BCUT2D eigenvalue weighted by molar-refractivity contribution is 0.567. The Morgan fingerprint density at radius 1 is 1.22 bits per heavy atom. The molecule has 0 radical (unpaired) electrons. The second-order valence-corrected chi connectivity index (χ2v) is 7.50. The fraction of sp³-hybridized carbons (Fsp3) is 0.438. The van der Waals surface area contributed by atoms with E-state index < -0.39 is 10.0 Å². The van der Waals surface area contributed by atoms with Crippen molar-refractivity contribution in [2.24, 2.45) is 0 Å². The predicted molar refractivity (Wildman–Crippen MR) is 92.3 cm³/mol. The first-order valence-corrected chi connectivity index (χ1v) is 9.67. The number of hydrogen-bond donors (Lipinski definition) is 1. The first-order chi connectivity index (χ1) is 11.0. The largest absolute Gasteiger partial charge is 0.335 e. The molecule has 0 saturated carbocycles. The number of imidazole rings is 1. The minimum absolute atomic E-state index is 0.297. The predicted octanol–water partition coefficient (Wildman–Crippen LogP) is 2.73. The number of nitrogens with zero attached hydrogens (tertiary/aromatic N) is 2. The summed E-state index contributed by atoms with van der Waals surface area (Å²) in [6, 6.07) is 6.98. The van der Waals surface area contributed by atoms with Crippen LogP contribution in [0.25, 0.3) is 0 Å². The van der Waals surface area contributed by atoms with Crippen molar-refractivity contribution < 1.29 is 8.42 Å². The van der Waals surface area contributed by atoms with Crippen molar-refractivity contribution in [2.75, 3.05) is 12.4 Å². The molecule has 0 atom stereocenters. The third-order valence-corrected chi connectivity index (χ3v) is 5.37. The van der Waals surface area contributed by atoms with Gasteiger partial charge in [0.05, 0.1) is 4.90 Å². The van der Waals surface area contributed by atoms with Gasteiger partial charge in [-0.2, -0.15) is 0 Å². The van der Waals surface area contributed by atoms with Crippen LogP contribution in [-0.2, 0) is 23.0 Å². The number of sulfonamides is 1. The molecule has 7 heteroatoms. The third kappa shape index (κ3) is 5.34. The van der Waals surface area contributed by atoms with Gasteiger partial charge in [-0.15, -0.1) is 11.6 Å². The summed E-state index contributed by atoms with van der Waals surface area (Å²) >= 11 is 5.66. The smallest absolute Gasteiger partial charge is 0.240 e. The van der Waals surface area contributed by atoms with Crippen LogP contribution >= 0.6 is 11.6 Å². The van der Waals surface area contributed by atoms with Crippen LogP contribution in [-0.4, -0.2) is 30.4 Å². The van der Waals surface area contributed by atoms with Crippen LogP contribution in [0.1, 0.15) is 24.2 Å². The Morgan fingerprint density at radius 3 is 2.57 bits per heavy atom. The SMILES string of the molecule is Cc1nccn1CCCNS(=O)(=O)c1ccc(CCCCl)cc1. The van der Waals surface area contributed by atoms with E-state index >= 15 is 0 Å². The van der Waals surface area contributed by atoms with Crippen LogP contribution in [0.5, 0.6) is 0 Å². The van der Waals surface area contributed by atoms with Gasteiger partial charge in [-0.05, 0) is 43.9 Å². The molecule has 1 aromatic heterocycles. The molecule has 2 rings (SSSR count). The second kappa shape index (κ2) is 8.47. The Hall–Kier alpha value is -1.37. The second-order valence-electron chi connectivity index (χ2n) is 5.36. The Kier molecular flexibility index (Phi) is 6.62. The molecule has 5 nitrogen and oxygen atoms in total. The number of rotatable bonds is 9. The van der Waals surface area contributed by atoms with Crippen LogP contribution in [0.15, 0.2) is 41.6 Å². The average Bonchev–Trinajstić information content (AvgIpc) is 2.95. The lowest BCUT2D eigenvalue weighted by atomic mass is 10.1. The summed E-state index contributed by atoms with van der Waals surface area (Å²) in [6.07, 6.45) is 6.10. The maximum Gasteiger partial charge on any atom is 0.240 e. The molecule has 0 amide bonds. The number of aromatic nitrogens is 2. The van der Waals surface area contributed by atoms with E-state index in [9.17, 15) is 8.42 Å². The molecule has 0 saturated heterocycles. The molecule has 1 aromatic carbocycles. The summed E-state index contributed by atoms with van der Waals surface area (Å²) in [5.41, 5.74) is 1.10. The van der Waals surface area contributed by atoms with Gasteiger partial charge in [0.2, 0.25) is 10.0 Å². The maximum absolute atomic E-state index is 12.2. The first-order valence-electron chi connectivity index (χ1n) is 7.65. The fourth-order valence-corrected chi connectivity index (χ4v) is 3.49. The summed E-state index contributed by atoms with van der Waals surface area (Å²) in [6.45, 7) is 3.07. The maximum atomic E-state index is 12.2. The number of halogens is 1. The van der Waals surface area contributed by atoms with Gasteiger partial charge < -0.3 is 4.57 Å². The molecule has 0 bridgehead atoms. The molecule has 1 heterocycles. The molecular formula is C16H22ClN3O2S. The van der Waals surface area contributed by atoms with E-state index in [4.69, 9.17) is 11.6 Å². The molecule has 1 N–H and O–H groups in total. The zero-order chi connectivity index (χ0) is 16.7. The van der Waals surface area contributed by atoms with Crippen molar-refractivity contribution in [2.45, 2.75) is 37.6 Å². The lowest BCUT2D eigenvalue weighted by Gasteiger charge is -2.09. The van der Waals surface area contributed by atoms with Crippen molar-refractivity contribution in [3.8, 4) is 0 Å². The highest BCUT2D eigenvalue weighted by Gasteiger charge is 2.12. The molecule has 0 unspecified atom stereocenters. The van der Waals surface area contributed by atoms with Gasteiger partial charge in [0.15, 0.2) is 0 Å². The molecule has 23 heavy (non-hydrogen) atoms. The van der Waals surface area contributed by atoms with Gasteiger partial charge in [0, 0.05) is 31.4 Å². The quantitative estimate of drug-likeness (QED) is 0.555. The van der Waals surface area contributed by atoms with Gasteiger partial charge in [0.1, 0.15) is 5.82 Å². The van der Waals surface area contributed by atoms with Crippen LogP contribution in [0.2, 0.25) is 0 Å². The van der Waals surface area contributed by atoms with Crippen molar-refractivity contribution in [3.05, 3.63) is 48.0 Å². The average molecular weight is 356 g/mol. The number of nitrogens with one attached hydrogen (secondary N) is 1. The van der Waals surface area contributed by atoms with Crippen molar-refractivity contribution >= 4 is 21.6 Å². The normalized spacial score (nSPS) is 11.7. The highest BCUT2D eigenvalue weighted by molar-refractivity contribution is 7.89. The Balaban J connectivity index is 1.85. The van der Waals surface area contributed by atoms with Gasteiger partial charge in [0.25, 0.3) is 0 Å². The summed E-state index contributed by atoms with van der Waals surface area (Å²) in [4.78, 5) is 4.43. The Bertz CT molecular complexity index is 711. The summed E-state index contributed by atoms with van der Waals surface area (Å²) in [5, 5.41) is 0. The van der Waals surface area contributed by atoms with Crippen LogP contribution < -0.4 is 4.72 Å². The van der Waals surface area contributed by atoms with Crippen LogP contribution in [0.3, 0.4) is 0 Å². The highest BCUT2D eigenvalue weighted by Crippen LogP contribution is 2.12. The zero-order valence-electron chi connectivity index (χ0n) is 13.2. The van der Waals surface area contributed by atoms with Crippen LogP contribution in [0.4, 0.5) is 0 Å². The standard InChI is InChI=1S/C16H22ClN3O2S/c1-14-18-11-13-20(14)12-3-10-19-23(21,22)16-7-5-15(6-8-16)4-2-9-17/h5-8,11,13,19H,2-4,9-10,12H2,1H3. The third-order valence-electron chi connectivity index (χ3n) is 3.62. The number of aryl methyl sites for hydroxylation is 3. The van der Waals surface area contributed by atoms with Gasteiger partial charge in [-0.3, -0.25) is 0 Å². The van der Waals surface area contributed by atoms with E-state index in [1.54, 1.807) is 18.3 Å². The highest BCUT2D eigenvalue weighted by atomic mass is 35.5. The van der Waals surface area contributed by atoms with Gasteiger partial charge in [-0.1, -0.05) is 12.1 Å². The van der Waals surface area contributed by atoms with Gasteiger partial charge >= 0.3 is 0 Å². The minimum Gasteiger partial charge on any atom is -0.335 e. The molecule has 0 aliphatic carbocycles. The van der Waals surface area contributed by atoms with E-state index in [2.05, 4.69) is 9.71 Å². The Labute approximate surface area is 142 Å². The summed E-state index contributed by atoms with van der Waals surface area (Å²) < 4.78 is 29.1. The number of alkyl halides is 1. The minimum atomic E-state index is -3.45. The van der Waals surface area contributed by atoms with Gasteiger partial charge in [-0.25, -0.2) is 18.1 Å². The number of benzene rings is 1. The summed E-state index contributed by atoms with van der Waals surface area (Å²) in [5.74, 6) is 1.54. The van der Waals surface area contributed by atoms with E-state index in [0.717, 1.165) is 30.8 Å². The monoisotopic (exact) mass is 355 g/mol. The van der Waals surface area contributed by atoms with Crippen molar-refractivity contribution in [1.82, 2.24) is 14.3 Å². The van der Waals surface area contributed by atoms with Crippen molar-refractivity contribution in [3.63, 3.8) is 0 Å². The fourth-order valence-electron chi connectivity index (χ4n) is 2.29. The molecular weight excluding hydrogens is 334 g/mol. The summed E-state index contributed by atoms with van der Waals surface area (Å²) in [7, 11) is -3.45. The van der Waals surface area contributed by atoms with Crippen molar-refractivity contribution in [1.29, 1.82) is 0 Å². The Morgan fingerprint density at radius 2 is 1.96 bits per heavy atom. The molecule has 126 valence electrons. The topological polar surface area (TPSA) is 64.0 Å². The molecule has 0 fully saturated rings. The van der Waals surface area contributed by atoms with E-state index in [1.807, 2.05) is 29.8 Å². The molecule has 0 spiro atoms.